The SMILES string of the molecule is Cc1cc(C(=O)NC2(CN)CCCC2)nn1C. The standard InChI is InChI=1S/C12H20N4O/c1-9-7-10(15-16(9)2)11(17)14-12(8-13)5-3-4-6-12/h7H,3-6,8,13H2,1-2H3,(H,14,17). The van der Waals surface area contributed by atoms with Crippen LogP contribution >= 0.6 is 0 Å². The van der Waals surface area contributed by atoms with Gasteiger partial charge in [-0.3, -0.25) is 9.48 Å². The third-order valence-electron chi connectivity index (χ3n) is 3.68. The van der Waals surface area contributed by atoms with Crippen molar-refractivity contribution in [2.75, 3.05) is 6.54 Å². The molecule has 1 amide bonds. The summed E-state index contributed by atoms with van der Waals surface area (Å²) in [6, 6.07) is 1.80. The summed E-state index contributed by atoms with van der Waals surface area (Å²) in [5.74, 6) is -0.110. The normalized spacial score (nSPS) is 18.3. The van der Waals surface area contributed by atoms with Crippen molar-refractivity contribution in [2.45, 2.75) is 38.1 Å². The molecular weight excluding hydrogens is 216 g/mol. The average molecular weight is 236 g/mol. The first-order valence-electron chi connectivity index (χ1n) is 6.09. The van der Waals surface area contributed by atoms with Gasteiger partial charge in [-0.1, -0.05) is 12.8 Å². The third-order valence-corrected chi connectivity index (χ3v) is 3.68. The van der Waals surface area contributed by atoms with E-state index in [9.17, 15) is 4.79 Å². The lowest BCUT2D eigenvalue weighted by atomic mass is 9.97. The average Bonchev–Trinajstić information content (AvgIpc) is 2.88. The minimum absolute atomic E-state index is 0.110. The molecular formula is C12H20N4O. The predicted octanol–water partition coefficient (Wildman–Crippen LogP) is 0.730. The summed E-state index contributed by atoms with van der Waals surface area (Å²) in [6.07, 6.45) is 4.22. The highest BCUT2D eigenvalue weighted by Gasteiger charge is 2.34. The van der Waals surface area contributed by atoms with Crippen LogP contribution in [0.15, 0.2) is 6.07 Å². The van der Waals surface area contributed by atoms with E-state index in [4.69, 9.17) is 5.73 Å². The second-order valence-corrected chi connectivity index (χ2v) is 4.94. The monoisotopic (exact) mass is 236 g/mol. The Balaban J connectivity index is 2.10. The molecule has 0 bridgehead atoms. The van der Waals surface area contributed by atoms with Gasteiger partial charge >= 0.3 is 0 Å². The van der Waals surface area contributed by atoms with E-state index < -0.39 is 0 Å². The molecule has 0 unspecified atom stereocenters. The van der Waals surface area contributed by atoms with Crippen LogP contribution in [-0.4, -0.2) is 27.8 Å². The van der Waals surface area contributed by atoms with Crippen molar-refractivity contribution in [3.8, 4) is 0 Å². The Morgan fingerprint density at radius 1 is 1.59 bits per heavy atom. The van der Waals surface area contributed by atoms with E-state index >= 15 is 0 Å². The Hall–Kier alpha value is -1.36. The van der Waals surface area contributed by atoms with E-state index in [-0.39, 0.29) is 11.4 Å². The second kappa shape index (κ2) is 4.49. The molecule has 3 N–H and O–H groups in total. The van der Waals surface area contributed by atoms with Gasteiger partial charge in [-0.15, -0.1) is 0 Å². The lowest BCUT2D eigenvalue weighted by molar-refractivity contribution is 0.0897. The minimum atomic E-state index is -0.206. The quantitative estimate of drug-likeness (QED) is 0.812. The first-order chi connectivity index (χ1) is 8.06. The predicted molar refractivity (Wildman–Crippen MR) is 65.7 cm³/mol. The maximum Gasteiger partial charge on any atom is 0.272 e. The summed E-state index contributed by atoms with van der Waals surface area (Å²) < 4.78 is 1.71. The van der Waals surface area contributed by atoms with Crippen molar-refractivity contribution in [1.29, 1.82) is 0 Å². The fourth-order valence-electron chi connectivity index (χ4n) is 2.41. The van der Waals surface area contributed by atoms with E-state index in [1.807, 2.05) is 14.0 Å². The molecule has 0 saturated heterocycles. The number of carbonyl (C=O) groups excluding carboxylic acids is 1. The number of amides is 1. The van der Waals surface area contributed by atoms with Crippen LogP contribution in [0.2, 0.25) is 0 Å². The molecule has 0 radical (unpaired) electrons. The summed E-state index contributed by atoms with van der Waals surface area (Å²) in [7, 11) is 1.83. The van der Waals surface area contributed by atoms with Crippen LogP contribution in [0.3, 0.4) is 0 Å². The molecule has 0 aromatic carbocycles. The van der Waals surface area contributed by atoms with Gasteiger partial charge in [0.15, 0.2) is 0 Å². The molecule has 1 aliphatic rings. The van der Waals surface area contributed by atoms with Crippen molar-refractivity contribution < 1.29 is 4.79 Å². The lowest BCUT2D eigenvalue weighted by Gasteiger charge is -2.28. The first-order valence-corrected chi connectivity index (χ1v) is 6.09. The highest BCUT2D eigenvalue weighted by Crippen LogP contribution is 2.28. The van der Waals surface area contributed by atoms with Gasteiger partial charge < -0.3 is 11.1 Å². The number of carbonyl (C=O) groups is 1. The maximum atomic E-state index is 12.1. The second-order valence-electron chi connectivity index (χ2n) is 4.94. The molecule has 1 aromatic heterocycles. The summed E-state index contributed by atoms with van der Waals surface area (Å²) in [5.41, 5.74) is 7.04. The van der Waals surface area contributed by atoms with Gasteiger partial charge in [-0.2, -0.15) is 5.10 Å². The Morgan fingerprint density at radius 2 is 2.24 bits per heavy atom. The zero-order valence-electron chi connectivity index (χ0n) is 10.5. The molecule has 0 aliphatic heterocycles. The topological polar surface area (TPSA) is 72.9 Å². The Kier molecular flexibility index (Phi) is 3.19. The molecule has 94 valence electrons. The summed E-state index contributed by atoms with van der Waals surface area (Å²) >= 11 is 0. The van der Waals surface area contributed by atoms with Gasteiger partial charge in [0.2, 0.25) is 0 Å². The molecule has 1 heterocycles. The fraction of sp³-hybridized carbons (Fsp3) is 0.667. The maximum absolute atomic E-state index is 12.1. The van der Waals surface area contributed by atoms with E-state index in [0.717, 1.165) is 31.4 Å². The van der Waals surface area contributed by atoms with Crippen LogP contribution < -0.4 is 11.1 Å². The Morgan fingerprint density at radius 3 is 2.71 bits per heavy atom. The van der Waals surface area contributed by atoms with Crippen molar-refractivity contribution in [2.24, 2.45) is 12.8 Å². The lowest BCUT2D eigenvalue weighted by Crippen LogP contribution is -2.51. The zero-order valence-corrected chi connectivity index (χ0v) is 10.5. The van der Waals surface area contributed by atoms with Crippen LogP contribution in [-0.2, 0) is 7.05 Å². The zero-order chi connectivity index (χ0) is 12.5. The van der Waals surface area contributed by atoms with Crippen LogP contribution in [0.4, 0.5) is 0 Å². The fourth-order valence-corrected chi connectivity index (χ4v) is 2.41. The number of hydrogen-bond acceptors (Lipinski definition) is 3. The highest BCUT2D eigenvalue weighted by atomic mass is 16.2. The molecule has 2 rings (SSSR count). The molecule has 5 heteroatoms. The van der Waals surface area contributed by atoms with Gasteiger partial charge in [0, 0.05) is 19.3 Å². The van der Waals surface area contributed by atoms with E-state index in [1.165, 1.54) is 0 Å². The number of nitrogens with one attached hydrogen (secondary N) is 1. The number of aromatic nitrogens is 2. The number of nitrogens with two attached hydrogens (primary N) is 1. The Labute approximate surface area is 101 Å². The van der Waals surface area contributed by atoms with E-state index in [1.54, 1.807) is 10.7 Å². The molecule has 1 fully saturated rings. The summed E-state index contributed by atoms with van der Waals surface area (Å²) in [5, 5.41) is 7.24. The van der Waals surface area contributed by atoms with Crippen molar-refractivity contribution in [1.82, 2.24) is 15.1 Å². The smallest absolute Gasteiger partial charge is 0.272 e. The number of aryl methyl sites for hydroxylation is 2. The van der Waals surface area contributed by atoms with Crippen molar-refractivity contribution in [3.05, 3.63) is 17.5 Å². The number of rotatable bonds is 3. The highest BCUT2D eigenvalue weighted by molar-refractivity contribution is 5.93. The molecule has 1 saturated carbocycles. The third kappa shape index (κ3) is 2.34. The Bertz CT molecular complexity index is 399. The van der Waals surface area contributed by atoms with Gasteiger partial charge in [-0.25, -0.2) is 0 Å². The largest absolute Gasteiger partial charge is 0.344 e. The molecule has 5 nitrogen and oxygen atoms in total. The molecule has 0 atom stereocenters. The van der Waals surface area contributed by atoms with E-state index in [0.29, 0.717) is 12.2 Å². The van der Waals surface area contributed by atoms with Gasteiger partial charge in [0.05, 0.1) is 5.54 Å². The van der Waals surface area contributed by atoms with Gasteiger partial charge in [0.1, 0.15) is 5.69 Å². The van der Waals surface area contributed by atoms with Gasteiger partial charge in [0.25, 0.3) is 5.91 Å². The van der Waals surface area contributed by atoms with E-state index in [2.05, 4.69) is 10.4 Å². The molecule has 1 aromatic rings. The minimum Gasteiger partial charge on any atom is -0.344 e. The number of hydrogen-bond donors (Lipinski definition) is 2. The first kappa shape index (κ1) is 12.1. The molecule has 1 aliphatic carbocycles. The van der Waals surface area contributed by atoms with Crippen molar-refractivity contribution in [3.63, 3.8) is 0 Å². The summed E-state index contributed by atoms with van der Waals surface area (Å²) in [4.78, 5) is 12.1. The molecule has 17 heavy (non-hydrogen) atoms. The van der Waals surface area contributed by atoms with Crippen LogP contribution in [0.5, 0.6) is 0 Å². The summed E-state index contributed by atoms with van der Waals surface area (Å²) in [6.45, 7) is 2.43. The van der Waals surface area contributed by atoms with Crippen molar-refractivity contribution >= 4 is 5.91 Å². The van der Waals surface area contributed by atoms with Crippen LogP contribution in [0.25, 0.3) is 0 Å². The van der Waals surface area contributed by atoms with Gasteiger partial charge in [-0.05, 0) is 25.8 Å². The number of nitrogens with zero attached hydrogens (tertiary/aromatic N) is 2. The molecule has 0 spiro atoms. The van der Waals surface area contributed by atoms with Crippen LogP contribution in [0, 0.1) is 6.92 Å². The van der Waals surface area contributed by atoms with Crippen LogP contribution in [0.1, 0.15) is 41.9 Å².